The van der Waals surface area contributed by atoms with Crippen molar-refractivity contribution < 1.29 is 22.7 Å². The van der Waals surface area contributed by atoms with E-state index in [9.17, 15) is 18.0 Å². The van der Waals surface area contributed by atoms with Gasteiger partial charge in [-0.1, -0.05) is 6.08 Å². The summed E-state index contributed by atoms with van der Waals surface area (Å²) in [6.45, 7) is 5.36. The van der Waals surface area contributed by atoms with Crippen LogP contribution in [0.5, 0.6) is 0 Å². The number of hydrogen-bond donors (Lipinski definition) is 0. The molecule has 0 aliphatic carbocycles. The van der Waals surface area contributed by atoms with Crippen molar-refractivity contribution >= 4 is 11.7 Å². The predicted molar refractivity (Wildman–Crippen MR) is 83.8 cm³/mol. The number of carbonyl (C=O) groups excluding carboxylic acids is 1. The van der Waals surface area contributed by atoms with Gasteiger partial charge in [0.1, 0.15) is 11.4 Å². The summed E-state index contributed by atoms with van der Waals surface area (Å²) in [6.07, 6.45) is 2.95. The molecule has 3 rings (SSSR count). The Hall–Kier alpha value is -1.98. The van der Waals surface area contributed by atoms with Crippen molar-refractivity contribution in [2.45, 2.75) is 57.7 Å². The Morgan fingerprint density at radius 2 is 1.83 bits per heavy atom. The minimum atomic E-state index is -1.17. The van der Waals surface area contributed by atoms with Crippen LogP contribution in [0.4, 0.5) is 18.0 Å². The zero-order chi connectivity index (χ0) is 17.6. The third kappa shape index (κ3) is 3.01. The van der Waals surface area contributed by atoms with E-state index in [0.717, 1.165) is 18.6 Å². The van der Waals surface area contributed by atoms with Gasteiger partial charge in [-0.3, -0.25) is 4.90 Å². The van der Waals surface area contributed by atoms with Crippen molar-refractivity contribution in [1.29, 1.82) is 0 Å². The Morgan fingerprint density at radius 3 is 2.46 bits per heavy atom. The van der Waals surface area contributed by atoms with Crippen LogP contribution in [0.25, 0.3) is 5.57 Å². The van der Waals surface area contributed by atoms with Crippen LogP contribution in [0.1, 0.15) is 45.6 Å². The van der Waals surface area contributed by atoms with E-state index in [1.165, 1.54) is 0 Å². The molecular formula is C18H20F3NO2. The summed E-state index contributed by atoms with van der Waals surface area (Å²) in [4.78, 5) is 14.0. The summed E-state index contributed by atoms with van der Waals surface area (Å²) in [7, 11) is 0. The predicted octanol–water partition coefficient (Wildman–Crippen LogP) is 4.66. The highest BCUT2D eigenvalue weighted by Gasteiger charge is 2.42. The van der Waals surface area contributed by atoms with Crippen molar-refractivity contribution in [2.75, 3.05) is 0 Å². The van der Waals surface area contributed by atoms with Crippen molar-refractivity contribution in [1.82, 2.24) is 4.90 Å². The lowest BCUT2D eigenvalue weighted by atomic mass is 9.94. The zero-order valence-electron chi connectivity index (χ0n) is 13.9. The molecule has 0 aromatic heterocycles. The Balaban J connectivity index is 1.91. The molecular weight excluding hydrogens is 319 g/mol. The molecule has 0 N–H and O–H groups in total. The van der Waals surface area contributed by atoms with Crippen LogP contribution < -0.4 is 0 Å². The average molecular weight is 339 g/mol. The number of fused-ring (bicyclic) bond motifs is 2. The van der Waals surface area contributed by atoms with E-state index >= 15 is 0 Å². The molecule has 3 nitrogen and oxygen atoms in total. The molecule has 24 heavy (non-hydrogen) atoms. The Bertz CT molecular complexity index is 709. The minimum absolute atomic E-state index is 0.188. The lowest BCUT2D eigenvalue weighted by Gasteiger charge is -2.35. The van der Waals surface area contributed by atoms with Gasteiger partial charge in [0.2, 0.25) is 0 Å². The molecule has 2 unspecified atom stereocenters. The maximum absolute atomic E-state index is 14.0. The van der Waals surface area contributed by atoms with Crippen LogP contribution in [0.3, 0.4) is 0 Å². The molecule has 1 aromatic rings. The summed E-state index contributed by atoms with van der Waals surface area (Å²) in [5.41, 5.74) is -0.520. The molecule has 2 aliphatic heterocycles. The van der Waals surface area contributed by atoms with Crippen molar-refractivity contribution in [3.8, 4) is 0 Å². The number of hydrogen-bond acceptors (Lipinski definition) is 2. The monoisotopic (exact) mass is 339 g/mol. The zero-order valence-corrected chi connectivity index (χ0v) is 13.9. The highest BCUT2D eigenvalue weighted by atomic mass is 19.2. The van der Waals surface area contributed by atoms with Crippen LogP contribution in [0, 0.1) is 17.5 Å². The van der Waals surface area contributed by atoms with Gasteiger partial charge >= 0.3 is 6.09 Å². The second-order valence-corrected chi connectivity index (χ2v) is 7.30. The number of nitrogens with zero attached hydrogens (tertiary/aromatic N) is 1. The first-order valence-electron chi connectivity index (χ1n) is 8.03. The molecule has 0 saturated carbocycles. The molecule has 2 heterocycles. The average Bonchev–Trinajstić information content (AvgIpc) is 2.73. The van der Waals surface area contributed by atoms with Gasteiger partial charge in [-0.15, -0.1) is 0 Å². The van der Waals surface area contributed by atoms with Crippen LogP contribution in [-0.2, 0) is 4.74 Å². The van der Waals surface area contributed by atoms with Crippen molar-refractivity contribution in [2.24, 2.45) is 0 Å². The maximum atomic E-state index is 14.0. The Labute approximate surface area is 139 Å². The lowest BCUT2D eigenvalue weighted by Crippen LogP contribution is -2.45. The molecule has 1 amide bonds. The van der Waals surface area contributed by atoms with Gasteiger partial charge in [0.25, 0.3) is 0 Å². The minimum Gasteiger partial charge on any atom is -0.444 e. The maximum Gasteiger partial charge on any atom is 0.411 e. The highest BCUT2D eigenvalue weighted by Crippen LogP contribution is 2.40. The molecule has 0 spiro atoms. The van der Waals surface area contributed by atoms with Gasteiger partial charge in [0.15, 0.2) is 11.6 Å². The van der Waals surface area contributed by atoms with Crippen LogP contribution in [0.2, 0.25) is 0 Å². The molecule has 1 fully saturated rings. The molecule has 6 heteroatoms. The first-order valence-corrected chi connectivity index (χ1v) is 8.03. The molecule has 2 atom stereocenters. The molecule has 0 radical (unpaired) electrons. The smallest absolute Gasteiger partial charge is 0.411 e. The number of ether oxygens (including phenoxy) is 1. The van der Waals surface area contributed by atoms with Crippen LogP contribution in [-0.4, -0.2) is 28.7 Å². The Morgan fingerprint density at radius 1 is 1.17 bits per heavy atom. The van der Waals surface area contributed by atoms with Gasteiger partial charge in [-0.05, 0) is 57.7 Å². The van der Waals surface area contributed by atoms with Crippen molar-refractivity contribution in [3.63, 3.8) is 0 Å². The summed E-state index contributed by atoms with van der Waals surface area (Å²) >= 11 is 0. The molecule has 2 aliphatic rings. The number of benzene rings is 1. The van der Waals surface area contributed by atoms with Crippen LogP contribution in [0.15, 0.2) is 18.2 Å². The SMILES string of the molecule is CC(C)(C)OC(=O)N1C2C=C(c3c(F)ccc(F)c3F)CC1CC2. The van der Waals surface area contributed by atoms with Crippen molar-refractivity contribution in [3.05, 3.63) is 41.2 Å². The van der Waals surface area contributed by atoms with Gasteiger partial charge < -0.3 is 4.74 Å². The van der Waals surface area contributed by atoms with E-state index in [4.69, 9.17) is 4.74 Å². The Kier molecular flexibility index (Phi) is 4.10. The number of amides is 1. The van der Waals surface area contributed by atoms with E-state index in [1.807, 2.05) is 0 Å². The van der Waals surface area contributed by atoms with Gasteiger partial charge in [0.05, 0.1) is 11.6 Å². The third-order valence-electron chi connectivity index (χ3n) is 4.36. The number of carbonyl (C=O) groups is 1. The fourth-order valence-corrected chi connectivity index (χ4v) is 3.44. The number of rotatable bonds is 1. The van der Waals surface area contributed by atoms with E-state index in [1.54, 1.807) is 31.7 Å². The third-order valence-corrected chi connectivity index (χ3v) is 4.36. The normalized spacial score (nSPS) is 23.2. The summed E-state index contributed by atoms with van der Waals surface area (Å²) < 4.78 is 46.9. The largest absolute Gasteiger partial charge is 0.444 e. The molecule has 130 valence electrons. The topological polar surface area (TPSA) is 29.5 Å². The standard InChI is InChI=1S/C18H20F3NO2/c1-18(2,3)24-17(23)22-11-4-5-12(22)9-10(8-11)15-13(19)6-7-14(20)16(15)21/h6-8,11-12H,4-5,9H2,1-3H3. The first-order chi connectivity index (χ1) is 11.2. The van der Waals surface area contributed by atoms with Gasteiger partial charge in [-0.25, -0.2) is 18.0 Å². The second-order valence-electron chi connectivity index (χ2n) is 7.30. The van der Waals surface area contributed by atoms with E-state index in [2.05, 4.69) is 0 Å². The second kappa shape index (κ2) is 5.83. The molecule has 2 bridgehead atoms. The highest BCUT2D eigenvalue weighted by molar-refractivity contribution is 5.75. The molecule has 1 saturated heterocycles. The summed E-state index contributed by atoms with van der Waals surface area (Å²) in [5.74, 6) is -3.04. The quantitative estimate of drug-likeness (QED) is 0.697. The van der Waals surface area contributed by atoms with E-state index in [-0.39, 0.29) is 24.1 Å². The van der Waals surface area contributed by atoms with Gasteiger partial charge in [0, 0.05) is 6.04 Å². The summed E-state index contributed by atoms with van der Waals surface area (Å²) in [5, 5.41) is 0. The van der Waals surface area contributed by atoms with Crippen LogP contribution >= 0.6 is 0 Å². The fraction of sp³-hybridized carbons (Fsp3) is 0.500. The number of halogens is 3. The molecule has 1 aromatic carbocycles. The van der Waals surface area contributed by atoms with E-state index in [0.29, 0.717) is 12.0 Å². The summed E-state index contributed by atoms with van der Waals surface area (Å²) in [6, 6.07) is 1.23. The fourth-order valence-electron chi connectivity index (χ4n) is 3.44. The van der Waals surface area contributed by atoms with Gasteiger partial charge in [-0.2, -0.15) is 0 Å². The lowest BCUT2D eigenvalue weighted by molar-refractivity contribution is 0.0175. The van der Waals surface area contributed by atoms with E-state index < -0.39 is 29.1 Å². The first kappa shape index (κ1) is 16.9.